The molecule has 226 valence electrons. The minimum atomic E-state index is -3.55. The third-order valence-electron chi connectivity index (χ3n) is 7.92. The van der Waals surface area contributed by atoms with Crippen molar-refractivity contribution in [3.05, 3.63) is 78.2 Å². The molecule has 5 rings (SSSR count). The van der Waals surface area contributed by atoms with Crippen molar-refractivity contribution in [1.29, 1.82) is 0 Å². The van der Waals surface area contributed by atoms with E-state index in [2.05, 4.69) is 23.8 Å². The summed E-state index contributed by atoms with van der Waals surface area (Å²) in [5.74, 6) is -5.26. The number of allylic oxidation sites excluding steroid dienone is 1. The van der Waals surface area contributed by atoms with Crippen LogP contribution in [0.4, 0.5) is 20.5 Å². The van der Waals surface area contributed by atoms with Crippen LogP contribution in [-0.2, 0) is 15.5 Å². The highest BCUT2D eigenvalue weighted by Crippen LogP contribution is 2.35. The van der Waals surface area contributed by atoms with E-state index in [4.69, 9.17) is 9.15 Å². The number of rotatable bonds is 8. The van der Waals surface area contributed by atoms with Crippen LogP contribution < -0.4 is 10.2 Å². The average Bonchev–Trinajstić information content (AvgIpc) is 3.70. The summed E-state index contributed by atoms with van der Waals surface area (Å²) in [4.78, 5) is 45.5. The number of benzene rings is 2. The average molecular weight is 593 g/mol. The van der Waals surface area contributed by atoms with Gasteiger partial charge in [0.25, 0.3) is 17.8 Å². The lowest BCUT2D eigenvalue weighted by Gasteiger charge is -2.29. The van der Waals surface area contributed by atoms with E-state index in [1.807, 2.05) is 0 Å². The van der Waals surface area contributed by atoms with Gasteiger partial charge in [-0.15, -0.1) is 0 Å². The first kappa shape index (κ1) is 29.9. The summed E-state index contributed by atoms with van der Waals surface area (Å²) in [6.07, 6.45) is 3.65. The van der Waals surface area contributed by atoms with Crippen molar-refractivity contribution in [2.75, 3.05) is 37.0 Å². The van der Waals surface area contributed by atoms with E-state index in [0.29, 0.717) is 49.3 Å². The van der Waals surface area contributed by atoms with Crippen molar-refractivity contribution in [3.8, 4) is 11.1 Å². The first-order chi connectivity index (χ1) is 20.6. The second-order valence-electron chi connectivity index (χ2n) is 11.0. The molecule has 0 spiro atoms. The van der Waals surface area contributed by atoms with Gasteiger partial charge < -0.3 is 24.3 Å². The van der Waals surface area contributed by atoms with Gasteiger partial charge in [0.1, 0.15) is 6.04 Å². The maximum absolute atomic E-state index is 14.7. The zero-order chi connectivity index (χ0) is 30.7. The first-order valence-electron chi connectivity index (χ1n) is 14.3. The Hall–Kier alpha value is -4.54. The Morgan fingerprint density at radius 1 is 1.05 bits per heavy atom. The quantitative estimate of drug-likeness (QED) is 0.257. The number of aromatic nitrogens is 1. The van der Waals surface area contributed by atoms with Crippen LogP contribution in [0.5, 0.6) is 0 Å². The van der Waals surface area contributed by atoms with E-state index in [1.54, 1.807) is 58.3 Å². The molecule has 2 fully saturated rings. The summed E-state index contributed by atoms with van der Waals surface area (Å²) in [5, 5.41) is 2.63. The molecule has 2 aliphatic rings. The molecule has 11 heteroatoms. The van der Waals surface area contributed by atoms with Gasteiger partial charge >= 0.3 is 11.9 Å². The number of piperidine rings is 1. The zero-order valence-electron chi connectivity index (χ0n) is 24.1. The van der Waals surface area contributed by atoms with Crippen LogP contribution in [0, 0.1) is 5.92 Å². The molecular formula is C32H34F2N4O5. The van der Waals surface area contributed by atoms with Gasteiger partial charge in [0.05, 0.1) is 7.11 Å². The SMILES string of the molecule is C=CC(F)(F)c1nc(N2CCCC(C)C2)oc1C(=O)Nc1ccc(-c2ccc(C(=O)N3CCCC3C(=O)OC)cc2)cc1. The molecule has 3 heterocycles. The highest BCUT2D eigenvalue weighted by molar-refractivity contribution is 6.03. The summed E-state index contributed by atoms with van der Waals surface area (Å²) in [7, 11) is 1.31. The molecule has 43 heavy (non-hydrogen) atoms. The molecule has 1 N–H and O–H groups in total. The van der Waals surface area contributed by atoms with Gasteiger partial charge in [0, 0.05) is 30.9 Å². The summed E-state index contributed by atoms with van der Waals surface area (Å²) in [5.41, 5.74) is 1.70. The van der Waals surface area contributed by atoms with E-state index in [-0.39, 0.29) is 11.9 Å². The van der Waals surface area contributed by atoms with Gasteiger partial charge in [-0.05, 0) is 73.1 Å². The van der Waals surface area contributed by atoms with Crippen LogP contribution in [0.15, 0.2) is 65.6 Å². The summed E-state index contributed by atoms with van der Waals surface area (Å²) in [6, 6.07) is 13.2. The van der Waals surface area contributed by atoms with Gasteiger partial charge in [0.2, 0.25) is 5.76 Å². The largest absolute Gasteiger partial charge is 0.467 e. The third-order valence-corrected chi connectivity index (χ3v) is 7.92. The molecule has 2 aliphatic heterocycles. The fourth-order valence-electron chi connectivity index (χ4n) is 5.58. The topological polar surface area (TPSA) is 105 Å². The van der Waals surface area contributed by atoms with Crippen molar-refractivity contribution in [2.24, 2.45) is 5.92 Å². The van der Waals surface area contributed by atoms with Gasteiger partial charge in [-0.25, -0.2) is 4.79 Å². The Morgan fingerprint density at radius 2 is 1.70 bits per heavy atom. The number of esters is 1. The van der Waals surface area contributed by atoms with Gasteiger partial charge in [-0.2, -0.15) is 13.8 Å². The molecule has 2 atom stereocenters. The fraction of sp³-hybridized carbons (Fsp3) is 0.375. The molecule has 1 aromatic heterocycles. The summed E-state index contributed by atoms with van der Waals surface area (Å²) < 4.78 is 39.9. The molecular weight excluding hydrogens is 558 g/mol. The minimum Gasteiger partial charge on any atom is -0.467 e. The Bertz CT molecular complexity index is 1500. The number of oxazole rings is 1. The van der Waals surface area contributed by atoms with Crippen molar-refractivity contribution in [3.63, 3.8) is 0 Å². The minimum absolute atomic E-state index is 0.00366. The lowest BCUT2D eigenvalue weighted by atomic mass is 10.0. The number of carbonyl (C=O) groups is 3. The molecule has 9 nitrogen and oxygen atoms in total. The van der Waals surface area contributed by atoms with Gasteiger partial charge in [0.15, 0.2) is 5.69 Å². The number of nitrogens with zero attached hydrogens (tertiary/aromatic N) is 3. The smallest absolute Gasteiger partial charge is 0.328 e. The van der Waals surface area contributed by atoms with Crippen LogP contribution in [0.25, 0.3) is 11.1 Å². The monoisotopic (exact) mass is 592 g/mol. The second-order valence-corrected chi connectivity index (χ2v) is 11.0. The van der Waals surface area contributed by atoms with E-state index in [1.165, 1.54) is 7.11 Å². The van der Waals surface area contributed by atoms with Crippen molar-refractivity contribution < 1.29 is 32.3 Å². The molecule has 2 saturated heterocycles. The van der Waals surface area contributed by atoms with Crippen LogP contribution >= 0.6 is 0 Å². The lowest BCUT2D eigenvalue weighted by Crippen LogP contribution is -2.41. The van der Waals surface area contributed by atoms with Gasteiger partial charge in [-0.3, -0.25) is 9.59 Å². The van der Waals surface area contributed by atoms with E-state index in [0.717, 1.165) is 30.4 Å². The number of ether oxygens (including phenoxy) is 1. The maximum atomic E-state index is 14.7. The predicted octanol–water partition coefficient (Wildman–Crippen LogP) is 5.89. The molecule has 2 aromatic carbocycles. The Kier molecular flexibility index (Phi) is 8.61. The molecule has 0 bridgehead atoms. The molecule has 0 radical (unpaired) electrons. The number of nitrogens with one attached hydrogen (secondary N) is 1. The van der Waals surface area contributed by atoms with Crippen molar-refractivity contribution in [2.45, 2.75) is 44.6 Å². The maximum Gasteiger partial charge on any atom is 0.328 e. The number of likely N-dealkylation sites (tertiary alicyclic amines) is 1. The normalized spacial score (nSPS) is 18.8. The molecule has 0 saturated carbocycles. The van der Waals surface area contributed by atoms with Gasteiger partial charge in [-0.1, -0.05) is 37.8 Å². The van der Waals surface area contributed by atoms with E-state index < -0.39 is 35.3 Å². The molecule has 2 unspecified atom stereocenters. The molecule has 2 amide bonds. The molecule has 0 aliphatic carbocycles. The number of anilines is 2. The zero-order valence-corrected chi connectivity index (χ0v) is 24.1. The Morgan fingerprint density at radius 3 is 2.33 bits per heavy atom. The number of methoxy groups -OCH3 is 1. The Balaban J connectivity index is 1.29. The lowest BCUT2D eigenvalue weighted by molar-refractivity contribution is -0.145. The summed E-state index contributed by atoms with van der Waals surface area (Å²) >= 11 is 0. The van der Waals surface area contributed by atoms with Crippen LogP contribution in [0.1, 0.15) is 59.2 Å². The predicted molar refractivity (Wildman–Crippen MR) is 157 cm³/mol. The fourth-order valence-corrected chi connectivity index (χ4v) is 5.58. The number of hydrogen-bond acceptors (Lipinski definition) is 7. The number of halogens is 2. The number of carbonyl (C=O) groups excluding carboxylic acids is 3. The van der Waals surface area contributed by atoms with Crippen molar-refractivity contribution in [1.82, 2.24) is 9.88 Å². The summed E-state index contributed by atoms with van der Waals surface area (Å²) in [6.45, 7) is 6.96. The third kappa shape index (κ3) is 6.30. The molecule has 3 aromatic rings. The second kappa shape index (κ2) is 12.4. The van der Waals surface area contributed by atoms with Crippen molar-refractivity contribution >= 4 is 29.5 Å². The number of hydrogen-bond donors (Lipinski definition) is 1. The van der Waals surface area contributed by atoms with Crippen LogP contribution in [0.2, 0.25) is 0 Å². The van der Waals surface area contributed by atoms with Crippen LogP contribution in [-0.4, -0.2) is 60.5 Å². The first-order valence-corrected chi connectivity index (χ1v) is 14.3. The highest BCUT2D eigenvalue weighted by atomic mass is 19.3. The number of alkyl halides is 2. The van der Waals surface area contributed by atoms with E-state index in [9.17, 15) is 23.2 Å². The van der Waals surface area contributed by atoms with E-state index >= 15 is 0 Å². The standard InChI is InChI=1S/C32H34F2N4O5/c1-4-32(33,34)27-26(43-31(36-27)37-17-5-7-20(2)19-37)28(39)35-24-15-13-22(14-16-24)21-9-11-23(12-10-21)29(40)38-18-6-8-25(38)30(41)42-3/h4,9-16,20,25H,1,5-8,17-19H2,2-3H3,(H,35,39). The number of amides is 2. The van der Waals surface area contributed by atoms with Crippen LogP contribution in [0.3, 0.4) is 0 Å². The highest BCUT2D eigenvalue weighted by Gasteiger charge is 2.39. The Labute approximate surface area is 248 Å².